The van der Waals surface area contributed by atoms with Crippen molar-refractivity contribution >= 4 is 11.6 Å². The molecule has 0 bridgehead atoms. The van der Waals surface area contributed by atoms with E-state index in [0.29, 0.717) is 11.8 Å². The van der Waals surface area contributed by atoms with E-state index in [2.05, 4.69) is 37.8 Å². The van der Waals surface area contributed by atoms with Crippen LogP contribution in [-0.4, -0.2) is 37.8 Å². The van der Waals surface area contributed by atoms with Crippen LogP contribution in [0, 0.1) is 5.82 Å². The van der Waals surface area contributed by atoms with Crippen LogP contribution in [0.2, 0.25) is 5.02 Å². The van der Waals surface area contributed by atoms with Gasteiger partial charge in [-0.2, -0.15) is 0 Å². The summed E-state index contributed by atoms with van der Waals surface area (Å²) in [5, 5.41) is 9.86. The lowest BCUT2D eigenvalue weighted by atomic mass is 9.86. The van der Waals surface area contributed by atoms with E-state index in [9.17, 15) is 4.39 Å². The van der Waals surface area contributed by atoms with Crippen LogP contribution < -0.4 is 4.74 Å². The lowest BCUT2D eigenvalue weighted by Gasteiger charge is -2.28. The number of fused-ring (bicyclic) bond motifs is 3. The molecule has 1 aromatic carbocycles. The Hall–Kier alpha value is -2.51. The second-order valence-electron chi connectivity index (χ2n) is 8.16. The highest BCUT2D eigenvalue weighted by atomic mass is 35.5. The SMILES string of the molecule is CN1Cc2cc(Cl)ccc2-n2c(nnc2C2CCC(Oc3ccc(F)cn3)CC2)C1. The van der Waals surface area contributed by atoms with Crippen molar-refractivity contribution in [3.8, 4) is 11.6 Å². The van der Waals surface area contributed by atoms with Crippen LogP contribution in [0.3, 0.4) is 0 Å². The van der Waals surface area contributed by atoms with Gasteiger partial charge in [0.25, 0.3) is 0 Å². The van der Waals surface area contributed by atoms with Gasteiger partial charge in [0.05, 0.1) is 18.4 Å². The van der Waals surface area contributed by atoms with E-state index < -0.39 is 0 Å². The molecule has 0 spiro atoms. The van der Waals surface area contributed by atoms with Crippen molar-refractivity contribution in [3.63, 3.8) is 0 Å². The molecule has 0 radical (unpaired) electrons. The summed E-state index contributed by atoms with van der Waals surface area (Å²) in [7, 11) is 2.08. The van der Waals surface area contributed by atoms with Crippen LogP contribution in [0.1, 0.15) is 48.8 Å². The summed E-state index contributed by atoms with van der Waals surface area (Å²) < 4.78 is 21.2. The van der Waals surface area contributed by atoms with Gasteiger partial charge >= 0.3 is 0 Å². The molecular formula is C22H23ClFN5O. The van der Waals surface area contributed by atoms with E-state index in [1.165, 1.54) is 17.8 Å². The summed E-state index contributed by atoms with van der Waals surface area (Å²) in [5.74, 6) is 2.42. The zero-order valence-electron chi connectivity index (χ0n) is 16.8. The molecule has 1 aliphatic heterocycles. The van der Waals surface area contributed by atoms with Gasteiger partial charge in [-0.25, -0.2) is 9.37 Å². The van der Waals surface area contributed by atoms with E-state index in [4.69, 9.17) is 16.3 Å². The summed E-state index contributed by atoms with van der Waals surface area (Å²) in [6.07, 6.45) is 5.00. The lowest BCUT2D eigenvalue weighted by Crippen LogP contribution is -2.25. The first-order valence-corrected chi connectivity index (χ1v) is 10.6. The van der Waals surface area contributed by atoms with Crippen LogP contribution >= 0.6 is 11.6 Å². The number of hydrogen-bond donors (Lipinski definition) is 0. The maximum Gasteiger partial charge on any atom is 0.213 e. The molecule has 2 aliphatic rings. The maximum absolute atomic E-state index is 13.0. The fourth-order valence-electron chi connectivity index (χ4n) is 4.49. The Balaban J connectivity index is 1.36. The number of rotatable bonds is 3. The molecule has 0 amide bonds. The van der Waals surface area contributed by atoms with Crippen molar-refractivity contribution in [2.45, 2.75) is 50.8 Å². The van der Waals surface area contributed by atoms with Gasteiger partial charge in [0.1, 0.15) is 17.7 Å². The second-order valence-corrected chi connectivity index (χ2v) is 8.60. The highest BCUT2D eigenvalue weighted by Crippen LogP contribution is 2.36. The smallest absolute Gasteiger partial charge is 0.213 e. The molecule has 6 nitrogen and oxygen atoms in total. The van der Waals surface area contributed by atoms with Gasteiger partial charge in [0.15, 0.2) is 5.82 Å². The molecule has 2 aromatic heterocycles. The minimum atomic E-state index is -0.356. The zero-order chi connectivity index (χ0) is 20.7. The minimum Gasteiger partial charge on any atom is -0.474 e. The third-order valence-corrected chi connectivity index (χ3v) is 6.15. The summed E-state index contributed by atoms with van der Waals surface area (Å²) in [6, 6.07) is 8.99. The number of ether oxygens (including phenoxy) is 1. The molecule has 156 valence electrons. The average Bonchev–Trinajstić information content (AvgIpc) is 3.07. The average molecular weight is 428 g/mol. The van der Waals surface area contributed by atoms with Gasteiger partial charge in [-0.1, -0.05) is 11.6 Å². The number of halogens is 2. The van der Waals surface area contributed by atoms with E-state index in [0.717, 1.165) is 61.1 Å². The highest BCUT2D eigenvalue weighted by molar-refractivity contribution is 6.30. The van der Waals surface area contributed by atoms with Gasteiger partial charge < -0.3 is 4.74 Å². The fraction of sp³-hybridized carbons (Fsp3) is 0.409. The zero-order valence-corrected chi connectivity index (χ0v) is 17.5. The number of hydrogen-bond acceptors (Lipinski definition) is 5. The van der Waals surface area contributed by atoms with Crippen LogP contribution in [0.15, 0.2) is 36.5 Å². The summed E-state index contributed by atoms with van der Waals surface area (Å²) in [4.78, 5) is 6.24. The number of pyridine rings is 1. The standard InChI is InChI=1S/C22H23ClFN5O/c1-28-12-15-10-16(23)4-8-19(15)29-20(13-28)26-27-22(29)14-2-6-18(7-3-14)30-21-9-5-17(24)11-25-21/h4-5,8-11,14,18H,2-3,6-7,12-13H2,1H3. The van der Waals surface area contributed by atoms with E-state index in [1.54, 1.807) is 6.07 Å². The number of aromatic nitrogens is 4. The van der Waals surface area contributed by atoms with Crippen molar-refractivity contribution in [2.24, 2.45) is 0 Å². The van der Waals surface area contributed by atoms with Gasteiger partial charge in [-0.15, -0.1) is 10.2 Å². The van der Waals surface area contributed by atoms with Crippen LogP contribution in [0.4, 0.5) is 4.39 Å². The molecule has 1 fully saturated rings. The third-order valence-electron chi connectivity index (χ3n) is 5.92. The molecule has 1 aliphatic carbocycles. The normalized spacial score (nSPS) is 21.6. The molecule has 5 rings (SSSR count). The van der Waals surface area contributed by atoms with Crippen LogP contribution in [-0.2, 0) is 13.1 Å². The summed E-state index contributed by atoms with van der Waals surface area (Å²) in [6.45, 7) is 1.57. The Morgan fingerprint density at radius 1 is 1.07 bits per heavy atom. The third kappa shape index (κ3) is 3.79. The van der Waals surface area contributed by atoms with Crippen LogP contribution in [0.5, 0.6) is 5.88 Å². The van der Waals surface area contributed by atoms with Crippen molar-refractivity contribution in [3.05, 3.63) is 64.6 Å². The largest absolute Gasteiger partial charge is 0.474 e. The highest BCUT2D eigenvalue weighted by Gasteiger charge is 2.30. The minimum absolute atomic E-state index is 0.0861. The maximum atomic E-state index is 13.0. The monoisotopic (exact) mass is 427 g/mol. The molecule has 0 N–H and O–H groups in total. The number of nitrogens with zero attached hydrogens (tertiary/aromatic N) is 5. The van der Waals surface area contributed by atoms with Gasteiger partial charge in [-0.3, -0.25) is 9.47 Å². The van der Waals surface area contributed by atoms with Gasteiger partial charge in [0.2, 0.25) is 5.88 Å². The van der Waals surface area contributed by atoms with Crippen LogP contribution in [0.25, 0.3) is 5.69 Å². The van der Waals surface area contributed by atoms with Crippen molar-refractivity contribution in [2.75, 3.05) is 7.05 Å². The Morgan fingerprint density at radius 2 is 1.90 bits per heavy atom. The number of benzene rings is 1. The Bertz CT molecular complexity index is 1050. The molecule has 3 heterocycles. The first-order chi connectivity index (χ1) is 14.6. The topological polar surface area (TPSA) is 56.1 Å². The molecule has 0 saturated heterocycles. The first kappa shape index (κ1) is 19.5. The predicted molar refractivity (Wildman–Crippen MR) is 111 cm³/mol. The molecule has 8 heteroatoms. The molecule has 30 heavy (non-hydrogen) atoms. The molecule has 0 unspecified atom stereocenters. The quantitative estimate of drug-likeness (QED) is 0.615. The summed E-state index contributed by atoms with van der Waals surface area (Å²) >= 11 is 6.26. The van der Waals surface area contributed by atoms with Crippen molar-refractivity contribution < 1.29 is 9.13 Å². The fourth-order valence-corrected chi connectivity index (χ4v) is 4.68. The molecule has 0 atom stereocenters. The summed E-state index contributed by atoms with van der Waals surface area (Å²) in [5.41, 5.74) is 2.30. The lowest BCUT2D eigenvalue weighted by molar-refractivity contribution is 0.138. The molecule has 3 aromatic rings. The van der Waals surface area contributed by atoms with Gasteiger partial charge in [-0.05, 0) is 62.6 Å². The van der Waals surface area contributed by atoms with E-state index >= 15 is 0 Å². The molecular weight excluding hydrogens is 405 g/mol. The Morgan fingerprint density at radius 3 is 2.67 bits per heavy atom. The van der Waals surface area contributed by atoms with Crippen molar-refractivity contribution in [1.82, 2.24) is 24.6 Å². The second kappa shape index (κ2) is 7.96. The Labute approximate surface area is 179 Å². The Kier molecular flexibility index (Phi) is 5.16. The van der Waals surface area contributed by atoms with Gasteiger partial charge in [0, 0.05) is 23.6 Å². The van der Waals surface area contributed by atoms with Crippen molar-refractivity contribution in [1.29, 1.82) is 0 Å². The van der Waals surface area contributed by atoms with E-state index in [1.807, 2.05) is 12.1 Å². The predicted octanol–water partition coefficient (Wildman–Crippen LogP) is 4.51. The van der Waals surface area contributed by atoms with E-state index in [-0.39, 0.29) is 11.9 Å². The molecule has 1 saturated carbocycles. The first-order valence-electron chi connectivity index (χ1n) is 10.3.